The van der Waals surface area contributed by atoms with Gasteiger partial charge < -0.3 is 28.7 Å². The highest BCUT2D eigenvalue weighted by Gasteiger charge is 2.18. The molecule has 0 saturated carbocycles. The average molecular weight is 375 g/mol. The largest absolute Gasteiger partial charge is 0.465 e. The van der Waals surface area contributed by atoms with E-state index in [1.807, 2.05) is 0 Å². The van der Waals surface area contributed by atoms with Gasteiger partial charge in [-0.3, -0.25) is 9.59 Å². The lowest BCUT2D eigenvalue weighted by Crippen LogP contribution is -2.30. The Morgan fingerprint density at radius 1 is 1.15 bits per heavy atom. The third kappa shape index (κ3) is 4.20. The quantitative estimate of drug-likeness (QED) is 0.757. The number of amides is 1. The third-order valence-electron chi connectivity index (χ3n) is 3.78. The minimum atomic E-state index is -0.655. The molecule has 1 aliphatic rings. The number of hydrogen-bond donors (Lipinski definition) is 1. The molecule has 0 radical (unpaired) electrons. The van der Waals surface area contributed by atoms with Crippen LogP contribution in [0.4, 0.5) is 0 Å². The van der Waals surface area contributed by atoms with Crippen molar-refractivity contribution >= 4 is 17.8 Å². The number of nitrogens with one attached hydrogen (secondary N) is 1. The van der Waals surface area contributed by atoms with Gasteiger partial charge in [0.05, 0.1) is 7.11 Å². The van der Waals surface area contributed by atoms with E-state index >= 15 is 0 Å². The smallest absolute Gasteiger partial charge is 0.341 e. The summed E-state index contributed by atoms with van der Waals surface area (Å²) in [5, 5.41) is 2.46. The maximum atomic E-state index is 12.1. The third-order valence-corrected chi connectivity index (χ3v) is 3.78. The lowest BCUT2D eigenvalue weighted by atomic mass is 10.2. The van der Waals surface area contributed by atoms with Gasteiger partial charge in [-0.15, -0.1) is 0 Å². The standard InChI is InChI=1S/C18H17NO8/c1-10-13(18(22)23-2)6-12(27-10)8-24-16(20)7-19-17(21)11-3-4-14-15(5-11)26-9-25-14/h3-6H,7-9H2,1-2H3,(H,19,21). The van der Waals surface area contributed by atoms with Crippen molar-refractivity contribution < 1.29 is 37.7 Å². The Hall–Kier alpha value is -3.49. The van der Waals surface area contributed by atoms with Crippen molar-refractivity contribution in [3.05, 3.63) is 46.9 Å². The van der Waals surface area contributed by atoms with Gasteiger partial charge in [0.25, 0.3) is 5.91 Å². The van der Waals surface area contributed by atoms with Crippen molar-refractivity contribution in [3.8, 4) is 11.5 Å². The summed E-state index contributed by atoms with van der Waals surface area (Å²) in [6.07, 6.45) is 0. The van der Waals surface area contributed by atoms with Crippen LogP contribution < -0.4 is 14.8 Å². The van der Waals surface area contributed by atoms with Gasteiger partial charge in [-0.25, -0.2) is 4.79 Å². The molecule has 0 spiro atoms. The fraction of sp³-hybridized carbons (Fsp3) is 0.278. The van der Waals surface area contributed by atoms with Crippen LogP contribution in [0.15, 0.2) is 28.7 Å². The van der Waals surface area contributed by atoms with Crippen LogP contribution in [0.3, 0.4) is 0 Å². The molecule has 2 aromatic rings. The monoisotopic (exact) mass is 375 g/mol. The summed E-state index contributed by atoms with van der Waals surface area (Å²) in [5.41, 5.74) is 0.594. The molecule has 9 heteroatoms. The lowest BCUT2D eigenvalue weighted by Gasteiger charge is -2.06. The predicted octanol–water partition coefficient (Wildman–Crippen LogP) is 1.58. The second-order valence-electron chi connectivity index (χ2n) is 5.59. The summed E-state index contributed by atoms with van der Waals surface area (Å²) in [6.45, 7) is 1.22. The van der Waals surface area contributed by atoms with Gasteiger partial charge in [0, 0.05) is 5.56 Å². The van der Waals surface area contributed by atoms with Crippen molar-refractivity contribution in [2.24, 2.45) is 0 Å². The number of rotatable bonds is 6. The van der Waals surface area contributed by atoms with Crippen molar-refractivity contribution in [3.63, 3.8) is 0 Å². The number of esters is 2. The van der Waals surface area contributed by atoms with Crippen molar-refractivity contribution in [2.45, 2.75) is 13.5 Å². The molecule has 0 bridgehead atoms. The topological polar surface area (TPSA) is 113 Å². The first-order valence-corrected chi connectivity index (χ1v) is 7.99. The van der Waals surface area contributed by atoms with Crippen LogP contribution in [0.5, 0.6) is 11.5 Å². The van der Waals surface area contributed by atoms with E-state index < -0.39 is 17.8 Å². The molecule has 0 fully saturated rings. The van der Waals surface area contributed by atoms with Gasteiger partial charge in [-0.1, -0.05) is 0 Å². The first-order valence-electron chi connectivity index (χ1n) is 7.99. The molecule has 1 N–H and O–H groups in total. The van der Waals surface area contributed by atoms with E-state index in [4.69, 9.17) is 18.6 Å². The number of carbonyl (C=O) groups is 3. The molecule has 142 valence electrons. The molecule has 2 heterocycles. The first-order chi connectivity index (χ1) is 13.0. The predicted molar refractivity (Wildman–Crippen MR) is 89.5 cm³/mol. The van der Waals surface area contributed by atoms with Crippen molar-refractivity contribution in [1.82, 2.24) is 5.32 Å². The Labute approximate surface area is 154 Å². The molecule has 1 aromatic carbocycles. The van der Waals surface area contributed by atoms with Crippen LogP contribution >= 0.6 is 0 Å². The summed E-state index contributed by atoms with van der Waals surface area (Å²) in [4.78, 5) is 35.4. The Morgan fingerprint density at radius 2 is 1.93 bits per heavy atom. The Kier molecular flexibility index (Phi) is 5.30. The molecule has 27 heavy (non-hydrogen) atoms. The summed E-state index contributed by atoms with van der Waals surface area (Å²) in [6, 6.07) is 6.16. The number of carbonyl (C=O) groups excluding carboxylic acids is 3. The van der Waals surface area contributed by atoms with Gasteiger partial charge in [-0.05, 0) is 31.2 Å². The van der Waals surface area contributed by atoms with Crippen molar-refractivity contribution in [2.75, 3.05) is 20.4 Å². The van der Waals surface area contributed by atoms with Gasteiger partial charge >= 0.3 is 11.9 Å². The van der Waals surface area contributed by atoms with E-state index in [0.29, 0.717) is 28.6 Å². The van der Waals surface area contributed by atoms with Crippen LogP contribution in [-0.2, 0) is 20.9 Å². The first kappa shape index (κ1) is 18.3. The fourth-order valence-electron chi connectivity index (χ4n) is 2.42. The zero-order valence-corrected chi connectivity index (χ0v) is 14.7. The molecule has 0 aliphatic carbocycles. The Bertz CT molecular complexity index is 885. The minimum absolute atomic E-state index is 0.108. The summed E-state index contributed by atoms with van der Waals surface area (Å²) in [7, 11) is 1.26. The SMILES string of the molecule is COC(=O)c1cc(COC(=O)CNC(=O)c2ccc3c(c2)OCO3)oc1C. The molecular weight excluding hydrogens is 358 g/mol. The maximum absolute atomic E-state index is 12.1. The number of ether oxygens (including phenoxy) is 4. The molecule has 9 nitrogen and oxygen atoms in total. The van der Waals surface area contributed by atoms with Gasteiger partial charge in [0.1, 0.15) is 30.2 Å². The maximum Gasteiger partial charge on any atom is 0.341 e. The summed E-state index contributed by atoms with van der Waals surface area (Å²) >= 11 is 0. The molecule has 1 aromatic heterocycles. The van der Waals surface area contributed by atoms with E-state index in [1.54, 1.807) is 19.1 Å². The molecule has 0 saturated heterocycles. The van der Waals surface area contributed by atoms with Crippen LogP contribution in [0.2, 0.25) is 0 Å². The summed E-state index contributed by atoms with van der Waals surface area (Å²) < 4.78 is 25.4. The number of hydrogen-bond acceptors (Lipinski definition) is 8. The Balaban J connectivity index is 1.48. The minimum Gasteiger partial charge on any atom is -0.465 e. The van der Waals surface area contributed by atoms with Crippen LogP contribution in [0.25, 0.3) is 0 Å². The zero-order chi connectivity index (χ0) is 19.4. The normalized spacial score (nSPS) is 11.8. The highest BCUT2D eigenvalue weighted by atomic mass is 16.7. The zero-order valence-electron chi connectivity index (χ0n) is 14.7. The van der Waals surface area contributed by atoms with E-state index in [0.717, 1.165) is 0 Å². The molecular formula is C18H17NO8. The fourth-order valence-corrected chi connectivity index (χ4v) is 2.42. The van der Waals surface area contributed by atoms with Crippen LogP contribution in [0.1, 0.15) is 32.2 Å². The summed E-state index contributed by atoms with van der Waals surface area (Å²) in [5.74, 6) is 0.0489. The lowest BCUT2D eigenvalue weighted by molar-refractivity contribution is -0.144. The molecule has 0 unspecified atom stereocenters. The van der Waals surface area contributed by atoms with Crippen LogP contribution in [-0.4, -0.2) is 38.3 Å². The highest BCUT2D eigenvalue weighted by molar-refractivity contribution is 5.96. The highest BCUT2D eigenvalue weighted by Crippen LogP contribution is 2.32. The van der Waals surface area contributed by atoms with E-state index in [2.05, 4.69) is 10.1 Å². The molecule has 0 atom stereocenters. The van der Waals surface area contributed by atoms with Crippen LogP contribution in [0, 0.1) is 6.92 Å². The Morgan fingerprint density at radius 3 is 2.70 bits per heavy atom. The second-order valence-corrected chi connectivity index (χ2v) is 5.59. The number of fused-ring (bicyclic) bond motifs is 1. The van der Waals surface area contributed by atoms with Gasteiger partial charge in [0.15, 0.2) is 11.5 Å². The molecule has 1 aliphatic heterocycles. The second kappa shape index (κ2) is 7.81. The molecule has 3 rings (SSSR count). The molecule has 1 amide bonds. The van der Waals surface area contributed by atoms with E-state index in [1.165, 1.54) is 19.2 Å². The van der Waals surface area contributed by atoms with Gasteiger partial charge in [0.2, 0.25) is 6.79 Å². The van der Waals surface area contributed by atoms with Gasteiger partial charge in [-0.2, -0.15) is 0 Å². The van der Waals surface area contributed by atoms with Crippen molar-refractivity contribution in [1.29, 1.82) is 0 Å². The number of methoxy groups -OCH3 is 1. The number of benzene rings is 1. The number of furan rings is 1. The number of aryl methyl sites for hydroxylation is 1. The average Bonchev–Trinajstić information content (AvgIpc) is 3.29. The van der Waals surface area contributed by atoms with E-state index in [-0.39, 0.29) is 25.5 Å². The van der Waals surface area contributed by atoms with E-state index in [9.17, 15) is 14.4 Å².